The van der Waals surface area contributed by atoms with E-state index in [1.54, 1.807) is 0 Å². The first-order chi connectivity index (χ1) is 8.80. The Labute approximate surface area is 107 Å². The van der Waals surface area contributed by atoms with Gasteiger partial charge in [0.15, 0.2) is 11.6 Å². The van der Waals surface area contributed by atoms with Crippen molar-refractivity contribution in [3.8, 4) is 0 Å². The van der Waals surface area contributed by atoms with Gasteiger partial charge in [0.1, 0.15) is 0 Å². The van der Waals surface area contributed by atoms with Crippen LogP contribution in [0.4, 0.5) is 33.3 Å². The van der Waals surface area contributed by atoms with Gasteiger partial charge in [-0.15, -0.1) is 0 Å². The molecule has 106 valence electrons. The normalized spacial score (nSPS) is 17.8. The Hall–Kier alpha value is -1.53. The molecule has 0 amide bonds. The molecule has 2 rings (SSSR count). The summed E-state index contributed by atoms with van der Waals surface area (Å²) in [6, 6.07) is 2.51. The number of hydrogen-bond donors (Lipinski definition) is 1. The van der Waals surface area contributed by atoms with E-state index in [1.807, 2.05) is 0 Å². The van der Waals surface area contributed by atoms with Gasteiger partial charge in [0, 0.05) is 13.1 Å². The first-order valence-electron chi connectivity index (χ1n) is 5.86. The van der Waals surface area contributed by atoms with Gasteiger partial charge >= 0.3 is 6.18 Å². The van der Waals surface area contributed by atoms with Gasteiger partial charge in [0.05, 0.1) is 17.3 Å². The van der Waals surface area contributed by atoms with Crippen molar-refractivity contribution in [3.05, 3.63) is 23.8 Å². The number of anilines is 2. The third-order valence-electron chi connectivity index (χ3n) is 3.39. The maximum absolute atomic E-state index is 13.7. The summed E-state index contributed by atoms with van der Waals surface area (Å²) in [4.78, 5) is 1.42. The van der Waals surface area contributed by atoms with E-state index >= 15 is 0 Å². The zero-order valence-corrected chi connectivity index (χ0v) is 9.97. The van der Waals surface area contributed by atoms with Crippen molar-refractivity contribution >= 4 is 11.4 Å². The van der Waals surface area contributed by atoms with Crippen LogP contribution in [0.3, 0.4) is 0 Å². The summed E-state index contributed by atoms with van der Waals surface area (Å²) in [6.07, 6.45) is -4.46. The predicted octanol–water partition coefficient (Wildman–Crippen LogP) is 3.33. The van der Waals surface area contributed by atoms with E-state index in [0.29, 0.717) is 0 Å². The van der Waals surface area contributed by atoms with Crippen LogP contribution < -0.4 is 10.6 Å². The number of nitrogen functional groups attached to an aromatic ring is 1. The molecule has 0 aliphatic carbocycles. The van der Waals surface area contributed by atoms with Crippen LogP contribution >= 0.6 is 0 Å². The van der Waals surface area contributed by atoms with Crippen LogP contribution in [0.15, 0.2) is 12.1 Å². The van der Waals surface area contributed by atoms with Gasteiger partial charge in [-0.05, 0) is 25.0 Å². The number of nitrogens with two attached hydrogens (primary N) is 1. The van der Waals surface area contributed by atoms with Gasteiger partial charge < -0.3 is 10.6 Å². The van der Waals surface area contributed by atoms with E-state index in [9.17, 15) is 22.0 Å². The van der Waals surface area contributed by atoms with E-state index in [2.05, 4.69) is 0 Å². The third-order valence-corrected chi connectivity index (χ3v) is 3.39. The second-order valence-corrected chi connectivity index (χ2v) is 4.60. The average Bonchev–Trinajstić information content (AvgIpc) is 2.35. The fourth-order valence-corrected chi connectivity index (χ4v) is 2.25. The van der Waals surface area contributed by atoms with Crippen LogP contribution in [0.1, 0.15) is 12.8 Å². The number of benzene rings is 1. The summed E-state index contributed by atoms with van der Waals surface area (Å²) in [7, 11) is 0. The maximum Gasteiger partial charge on any atom is 0.391 e. The highest BCUT2D eigenvalue weighted by molar-refractivity contribution is 5.55. The number of halogens is 5. The molecule has 0 radical (unpaired) electrons. The van der Waals surface area contributed by atoms with Gasteiger partial charge in [-0.25, -0.2) is 8.78 Å². The van der Waals surface area contributed by atoms with E-state index in [4.69, 9.17) is 5.73 Å². The number of alkyl halides is 3. The minimum absolute atomic E-state index is 0.0349. The van der Waals surface area contributed by atoms with Crippen molar-refractivity contribution in [3.63, 3.8) is 0 Å². The van der Waals surface area contributed by atoms with Gasteiger partial charge in [0.2, 0.25) is 0 Å². The molecule has 1 aliphatic heterocycles. The highest BCUT2D eigenvalue weighted by Gasteiger charge is 2.41. The molecule has 0 bridgehead atoms. The van der Waals surface area contributed by atoms with Crippen LogP contribution in [0.25, 0.3) is 0 Å². The monoisotopic (exact) mass is 280 g/mol. The van der Waals surface area contributed by atoms with Gasteiger partial charge in [-0.2, -0.15) is 13.2 Å². The van der Waals surface area contributed by atoms with Gasteiger partial charge in [0.25, 0.3) is 0 Å². The predicted molar refractivity (Wildman–Crippen MR) is 61.8 cm³/mol. The molecule has 0 unspecified atom stereocenters. The Kier molecular flexibility index (Phi) is 3.56. The topological polar surface area (TPSA) is 29.3 Å². The zero-order chi connectivity index (χ0) is 14.2. The molecule has 1 aromatic carbocycles. The highest BCUT2D eigenvalue weighted by atomic mass is 19.4. The molecule has 0 atom stereocenters. The molecule has 0 spiro atoms. The maximum atomic E-state index is 13.7. The van der Waals surface area contributed by atoms with Crippen LogP contribution in [-0.2, 0) is 0 Å². The Morgan fingerprint density at radius 3 is 2.16 bits per heavy atom. The minimum atomic E-state index is -4.23. The molecule has 0 saturated carbocycles. The molecule has 2 nitrogen and oxygen atoms in total. The molecule has 1 aromatic rings. The van der Waals surface area contributed by atoms with Crippen molar-refractivity contribution in [1.82, 2.24) is 0 Å². The molecule has 1 saturated heterocycles. The molecule has 7 heteroatoms. The second kappa shape index (κ2) is 4.86. The number of nitrogens with zero attached hydrogens (tertiary/aromatic N) is 1. The van der Waals surface area contributed by atoms with E-state index < -0.39 is 23.7 Å². The van der Waals surface area contributed by atoms with Gasteiger partial charge in [-0.3, -0.25) is 0 Å². The lowest BCUT2D eigenvalue weighted by molar-refractivity contribution is -0.179. The van der Waals surface area contributed by atoms with Crippen LogP contribution in [0.2, 0.25) is 0 Å². The molecular weight excluding hydrogens is 267 g/mol. The van der Waals surface area contributed by atoms with E-state index in [0.717, 1.165) is 0 Å². The number of rotatable bonds is 1. The molecule has 1 fully saturated rings. The van der Waals surface area contributed by atoms with E-state index in [-0.39, 0.29) is 37.3 Å². The Bertz CT molecular complexity index is 464. The zero-order valence-electron chi connectivity index (χ0n) is 9.97. The molecule has 2 N–H and O–H groups in total. The quantitative estimate of drug-likeness (QED) is 0.631. The van der Waals surface area contributed by atoms with Crippen molar-refractivity contribution in [2.75, 3.05) is 23.7 Å². The first-order valence-corrected chi connectivity index (χ1v) is 5.86. The Morgan fingerprint density at radius 2 is 1.63 bits per heavy atom. The smallest absolute Gasteiger partial charge is 0.391 e. The van der Waals surface area contributed by atoms with Crippen molar-refractivity contribution in [2.45, 2.75) is 19.0 Å². The first kappa shape index (κ1) is 13.9. The summed E-state index contributed by atoms with van der Waals surface area (Å²) in [6.45, 7) is 0.0922. The van der Waals surface area contributed by atoms with Crippen LogP contribution in [-0.4, -0.2) is 19.3 Å². The molecule has 19 heavy (non-hydrogen) atoms. The van der Waals surface area contributed by atoms with Crippen LogP contribution in [0, 0.1) is 17.6 Å². The average molecular weight is 280 g/mol. The SMILES string of the molecule is Nc1ccc(N2CCC(C(F)(F)F)CC2)c(F)c1F. The standard InChI is InChI=1S/C12H13F5N2/c13-10-8(18)1-2-9(11(10)14)19-5-3-7(4-6-19)12(15,16)17/h1-2,7H,3-6,18H2. The third kappa shape index (κ3) is 2.74. The number of hydrogen-bond acceptors (Lipinski definition) is 2. The van der Waals surface area contributed by atoms with Crippen molar-refractivity contribution < 1.29 is 22.0 Å². The van der Waals surface area contributed by atoms with Crippen molar-refractivity contribution in [2.24, 2.45) is 5.92 Å². The van der Waals surface area contributed by atoms with Crippen LogP contribution in [0.5, 0.6) is 0 Å². The molecule has 1 heterocycles. The summed E-state index contributed by atoms with van der Waals surface area (Å²) >= 11 is 0. The number of piperidine rings is 1. The Balaban J connectivity index is 2.12. The molecule has 1 aliphatic rings. The second-order valence-electron chi connectivity index (χ2n) is 4.60. The van der Waals surface area contributed by atoms with Crippen molar-refractivity contribution in [1.29, 1.82) is 0 Å². The molecular formula is C12H13F5N2. The lowest BCUT2D eigenvalue weighted by Gasteiger charge is -2.34. The van der Waals surface area contributed by atoms with Gasteiger partial charge in [-0.1, -0.05) is 0 Å². The lowest BCUT2D eigenvalue weighted by atomic mass is 9.96. The summed E-state index contributed by atoms with van der Waals surface area (Å²) < 4.78 is 64.5. The fourth-order valence-electron chi connectivity index (χ4n) is 2.25. The van der Waals surface area contributed by atoms with E-state index in [1.165, 1.54) is 17.0 Å². The minimum Gasteiger partial charge on any atom is -0.396 e. The summed E-state index contributed by atoms with van der Waals surface area (Å²) in [5.41, 5.74) is 4.87. The fraction of sp³-hybridized carbons (Fsp3) is 0.500. The largest absolute Gasteiger partial charge is 0.396 e. The molecule has 0 aromatic heterocycles. The highest BCUT2D eigenvalue weighted by Crippen LogP contribution is 2.36. The summed E-state index contributed by atoms with van der Waals surface area (Å²) in [5.74, 6) is -3.63. The lowest BCUT2D eigenvalue weighted by Crippen LogP contribution is -2.39. The summed E-state index contributed by atoms with van der Waals surface area (Å²) in [5, 5.41) is 0. The Morgan fingerprint density at radius 1 is 1.05 bits per heavy atom.